The summed E-state index contributed by atoms with van der Waals surface area (Å²) in [6.07, 6.45) is 0.718. The molecule has 0 radical (unpaired) electrons. The molecule has 0 aromatic heterocycles. The first kappa shape index (κ1) is 15.0. The zero-order valence-corrected chi connectivity index (χ0v) is 12.9. The van der Waals surface area contributed by atoms with Gasteiger partial charge in [-0.2, -0.15) is 0 Å². The van der Waals surface area contributed by atoms with E-state index in [0.29, 0.717) is 25.3 Å². The van der Waals surface area contributed by atoms with Gasteiger partial charge in [0.15, 0.2) is 0 Å². The standard InChI is InChI=1S/C17H25NO2/c1-12(17(2,3)4)11-16(20)18-10-9-15(19)13-7-5-6-8-14(13)18/h5-8,12,15,19H,9-11H2,1-4H3. The highest BCUT2D eigenvalue weighted by Gasteiger charge is 2.30. The topological polar surface area (TPSA) is 40.5 Å². The van der Waals surface area contributed by atoms with Crippen LogP contribution in [0.4, 0.5) is 5.69 Å². The Bertz CT molecular complexity index is 490. The first-order chi connectivity index (χ1) is 9.30. The van der Waals surface area contributed by atoms with E-state index < -0.39 is 6.10 Å². The van der Waals surface area contributed by atoms with Crippen LogP contribution in [-0.4, -0.2) is 17.6 Å². The Morgan fingerprint density at radius 2 is 2.05 bits per heavy atom. The molecule has 1 aliphatic heterocycles. The lowest BCUT2D eigenvalue weighted by molar-refractivity contribution is -0.120. The van der Waals surface area contributed by atoms with E-state index in [4.69, 9.17) is 0 Å². The molecule has 0 spiro atoms. The van der Waals surface area contributed by atoms with E-state index in [2.05, 4.69) is 27.7 Å². The summed E-state index contributed by atoms with van der Waals surface area (Å²) < 4.78 is 0. The summed E-state index contributed by atoms with van der Waals surface area (Å²) >= 11 is 0. The third-order valence-corrected chi connectivity index (χ3v) is 4.47. The van der Waals surface area contributed by atoms with Crippen LogP contribution in [-0.2, 0) is 4.79 Å². The molecule has 110 valence electrons. The van der Waals surface area contributed by atoms with Crippen molar-refractivity contribution in [1.29, 1.82) is 0 Å². The molecule has 0 saturated heterocycles. The molecule has 0 aliphatic carbocycles. The van der Waals surface area contributed by atoms with Gasteiger partial charge in [-0.25, -0.2) is 0 Å². The van der Waals surface area contributed by atoms with E-state index >= 15 is 0 Å². The number of amides is 1. The molecule has 1 aromatic carbocycles. The second-order valence-corrected chi connectivity index (χ2v) is 6.88. The van der Waals surface area contributed by atoms with Gasteiger partial charge in [-0.1, -0.05) is 45.9 Å². The summed E-state index contributed by atoms with van der Waals surface area (Å²) in [5, 5.41) is 10.0. The molecule has 1 amide bonds. The van der Waals surface area contributed by atoms with E-state index in [1.807, 2.05) is 29.2 Å². The molecule has 3 heteroatoms. The Labute approximate surface area is 121 Å². The second-order valence-electron chi connectivity index (χ2n) is 6.88. The van der Waals surface area contributed by atoms with Crippen LogP contribution in [0.15, 0.2) is 24.3 Å². The van der Waals surface area contributed by atoms with Crippen LogP contribution in [0, 0.1) is 11.3 Å². The molecule has 1 heterocycles. The number of carbonyl (C=O) groups excluding carboxylic acids is 1. The number of benzene rings is 1. The molecule has 20 heavy (non-hydrogen) atoms. The molecule has 2 atom stereocenters. The van der Waals surface area contributed by atoms with E-state index in [-0.39, 0.29) is 11.3 Å². The fourth-order valence-corrected chi connectivity index (χ4v) is 2.48. The predicted octanol–water partition coefficient (Wildman–Crippen LogP) is 3.53. The average molecular weight is 275 g/mol. The Balaban J connectivity index is 2.18. The molecular formula is C17H25NO2. The van der Waals surface area contributed by atoms with Gasteiger partial charge in [-0.15, -0.1) is 0 Å². The summed E-state index contributed by atoms with van der Waals surface area (Å²) in [5.41, 5.74) is 1.87. The zero-order valence-electron chi connectivity index (χ0n) is 12.9. The molecule has 2 unspecified atom stereocenters. The van der Waals surface area contributed by atoms with Gasteiger partial charge >= 0.3 is 0 Å². The van der Waals surface area contributed by atoms with Gasteiger partial charge in [0.1, 0.15) is 0 Å². The monoisotopic (exact) mass is 275 g/mol. The molecular weight excluding hydrogens is 250 g/mol. The van der Waals surface area contributed by atoms with Gasteiger partial charge in [-0.3, -0.25) is 4.79 Å². The van der Waals surface area contributed by atoms with Crippen molar-refractivity contribution < 1.29 is 9.90 Å². The predicted molar refractivity (Wildman–Crippen MR) is 81.6 cm³/mol. The largest absolute Gasteiger partial charge is 0.388 e. The molecule has 2 rings (SSSR count). The SMILES string of the molecule is CC(CC(=O)N1CCC(O)c2ccccc21)C(C)(C)C. The third kappa shape index (κ3) is 3.04. The first-order valence-electron chi connectivity index (χ1n) is 7.38. The number of para-hydroxylation sites is 1. The van der Waals surface area contributed by atoms with Gasteiger partial charge in [0.05, 0.1) is 6.10 Å². The lowest BCUT2D eigenvalue weighted by Gasteiger charge is -2.34. The maximum Gasteiger partial charge on any atom is 0.227 e. The molecule has 3 nitrogen and oxygen atoms in total. The van der Waals surface area contributed by atoms with Gasteiger partial charge in [-0.05, 0) is 23.8 Å². The summed E-state index contributed by atoms with van der Waals surface area (Å²) in [7, 11) is 0. The zero-order chi connectivity index (χ0) is 14.9. The Morgan fingerprint density at radius 1 is 1.40 bits per heavy atom. The minimum Gasteiger partial charge on any atom is -0.388 e. The maximum atomic E-state index is 12.6. The van der Waals surface area contributed by atoms with Crippen molar-refractivity contribution in [2.24, 2.45) is 11.3 Å². The van der Waals surface area contributed by atoms with Crippen LogP contribution in [0.1, 0.15) is 52.2 Å². The van der Waals surface area contributed by atoms with Crippen molar-refractivity contribution in [2.45, 2.75) is 46.6 Å². The number of carbonyl (C=O) groups is 1. The van der Waals surface area contributed by atoms with Crippen LogP contribution >= 0.6 is 0 Å². The van der Waals surface area contributed by atoms with Gasteiger partial charge in [0.25, 0.3) is 0 Å². The highest BCUT2D eigenvalue weighted by atomic mass is 16.3. The molecule has 1 aromatic rings. The van der Waals surface area contributed by atoms with Crippen LogP contribution in [0.2, 0.25) is 0 Å². The number of aliphatic hydroxyl groups excluding tert-OH is 1. The fourth-order valence-electron chi connectivity index (χ4n) is 2.48. The average Bonchev–Trinajstić information content (AvgIpc) is 2.38. The van der Waals surface area contributed by atoms with Crippen molar-refractivity contribution >= 4 is 11.6 Å². The van der Waals surface area contributed by atoms with E-state index in [9.17, 15) is 9.90 Å². The lowest BCUT2D eigenvalue weighted by atomic mass is 9.80. The summed E-state index contributed by atoms with van der Waals surface area (Å²) in [4.78, 5) is 14.4. The van der Waals surface area contributed by atoms with Crippen molar-refractivity contribution in [1.82, 2.24) is 0 Å². The second kappa shape index (κ2) is 5.57. The number of anilines is 1. The number of nitrogens with zero attached hydrogens (tertiary/aromatic N) is 1. The Kier molecular flexibility index (Phi) is 4.19. The van der Waals surface area contributed by atoms with Crippen molar-refractivity contribution in [3.05, 3.63) is 29.8 Å². The number of aliphatic hydroxyl groups is 1. The maximum absolute atomic E-state index is 12.6. The molecule has 0 saturated carbocycles. The number of hydrogen-bond donors (Lipinski definition) is 1. The fraction of sp³-hybridized carbons (Fsp3) is 0.588. The van der Waals surface area contributed by atoms with Crippen LogP contribution in [0.3, 0.4) is 0 Å². The molecule has 1 N–H and O–H groups in total. The van der Waals surface area contributed by atoms with Crippen molar-refractivity contribution in [3.8, 4) is 0 Å². The van der Waals surface area contributed by atoms with Gasteiger partial charge < -0.3 is 10.0 Å². The summed E-state index contributed by atoms with van der Waals surface area (Å²) in [5.74, 6) is 0.487. The van der Waals surface area contributed by atoms with Gasteiger partial charge in [0.2, 0.25) is 5.91 Å². The van der Waals surface area contributed by atoms with Crippen LogP contribution in [0.5, 0.6) is 0 Å². The Hall–Kier alpha value is -1.35. The first-order valence-corrected chi connectivity index (χ1v) is 7.38. The summed E-state index contributed by atoms with van der Waals surface area (Å²) in [6, 6.07) is 7.67. The van der Waals surface area contributed by atoms with Crippen molar-refractivity contribution in [2.75, 3.05) is 11.4 Å². The molecule has 1 aliphatic rings. The summed E-state index contributed by atoms with van der Waals surface area (Å²) in [6.45, 7) is 9.23. The normalized spacial score (nSPS) is 20.4. The van der Waals surface area contributed by atoms with Crippen molar-refractivity contribution in [3.63, 3.8) is 0 Å². The third-order valence-electron chi connectivity index (χ3n) is 4.47. The quantitative estimate of drug-likeness (QED) is 0.897. The molecule has 0 fully saturated rings. The van der Waals surface area contributed by atoms with Crippen LogP contribution in [0.25, 0.3) is 0 Å². The minimum absolute atomic E-state index is 0.129. The number of rotatable bonds is 2. The Morgan fingerprint density at radius 3 is 2.70 bits per heavy atom. The smallest absolute Gasteiger partial charge is 0.227 e. The van der Waals surface area contributed by atoms with E-state index in [1.165, 1.54) is 0 Å². The number of hydrogen-bond acceptors (Lipinski definition) is 2. The number of fused-ring (bicyclic) bond motifs is 1. The molecule has 0 bridgehead atoms. The van der Waals surface area contributed by atoms with Gasteiger partial charge in [0, 0.05) is 24.2 Å². The van der Waals surface area contributed by atoms with E-state index in [0.717, 1.165) is 11.3 Å². The lowest BCUT2D eigenvalue weighted by Crippen LogP contribution is -2.38. The highest BCUT2D eigenvalue weighted by molar-refractivity contribution is 5.94. The highest BCUT2D eigenvalue weighted by Crippen LogP contribution is 2.35. The minimum atomic E-state index is -0.449. The van der Waals surface area contributed by atoms with E-state index in [1.54, 1.807) is 0 Å². The van der Waals surface area contributed by atoms with Crippen LogP contribution < -0.4 is 4.90 Å².